The van der Waals surface area contributed by atoms with E-state index in [0.29, 0.717) is 5.69 Å². The molecule has 6 heteroatoms. The van der Waals surface area contributed by atoms with Crippen LogP contribution >= 0.6 is 11.6 Å². The molecule has 1 atom stereocenters. The van der Waals surface area contributed by atoms with Crippen molar-refractivity contribution in [1.29, 1.82) is 0 Å². The summed E-state index contributed by atoms with van der Waals surface area (Å²) in [4.78, 5) is 16.0. The van der Waals surface area contributed by atoms with Crippen LogP contribution in [0.1, 0.15) is 25.5 Å². The zero-order valence-electron chi connectivity index (χ0n) is 13.0. The van der Waals surface area contributed by atoms with Crippen molar-refractivity contribution in [1.82, 2.24) is 10.3 Å². The zero-order chi connectivity index (χ0) is 16.8. The van der Waals surface area contributed by atoms with Crippen LogP contribution in [0.5, 0.6) is 0 Å². The summed E-state index contributed by atoms with van der Waals surface area (Å²) in [6, 6.07) is 9.62. The summed E-state index contributed by atoms with van der Waals surface area (Å²) in [6.45, 7) is 4.19. The maximum atomic E-state index is 13.0. The van der Waals surface area contributed by atoms with E-state index in [2.05, 4.69) is 15.6 Å². The molecule has 1 amide bonds. The molecule has 1 heterocycles. The van der Waals surface area contributed by atoms with Crippen LogP contribution in [0.4, 0.5) is 10.1 Å². The minimum atomic E-state index is -0.278. The molecule has 23 heavy (non-hydrogen) atoms. The second-order valence-electron chi connectivity index (χ2n) is 5.54. The molecule has 1 aromatic carbocycles. The van der Waals surface area contributed by atoms with Crippen LogP contribution in [0, 0.1) is 11.7 Å². The fourth-order valence-electron chi connectivity index (χ4n) is 2.28. The molecule has 2 N–H and O–H groups in total. The van der Waals surface area contributed by atoms with E-state index in [9.17, 15) is 9.18 Å². The predicted molar refractivity (Wildman–Crippen MR) is 89.9 cm³/mol. The largest absolute Gasteiger partial charge is 0.322 e. The Morgan fingerprint density at radius 2 is 1.96 bits per heavy atom. The highest BCUT2D eigenvalue weighted by molar-refractivity contribution is 6.32. The van der Waals surface area contributed by atoms with Crippen molar-refractivity contribution in [2.75, 3.05) is 11.9 Å². The predicted octanol–water partition coefficient (Wildman–Crippen LogP) is 3.80. The van der Waals surface area contributed by atoms with E-state index < -0.39 is 0 Å². The Bertz CT molecular complexity index is 661. The van der Waals surface area contributed by atoms with Gasteiger partial charge in [0.1, 0.15) is 5.82 Å². The number of nitrogens with zero attached hydrogens (tertiary/aromatic N) is 1. The molecule has 0 saturated carbocycles. The van der Waals surface area contributed by atoms with E-state index in [0.717, 1.165) is 5.56 Å². The average Bonchev–Trinajstić information content (AvgIpc) is 2.51. The molecular formula is C17H19ClFN3O. The summed E-state index contributed by atoms with van der Waals surface area (Å²) in [5.41, 5.74) is 1.41. The molecule has 0 bridgehead atoms. The molecule has 4 nitrogen and oxygen atoms in total. The van der Waals surface area contributed by atoms with Crippen molar-refractivity contribution in [2.24, 2.45) is 5.92 Å². The molecule has 0 aliphatic carbocycles. The van der Waals surface area contributed by atoms with Crippen molar-refractivity contribution in [3.63, 3.8) is 0 Å². The minimum Gasteiger partial charge on any atom is -0.322 e. The average molecular weight is 336 g/mol. The van der Waals surface area contributed by atoms with E-state index in [1.165, 1.54) is 12.1 Å². The van der Waals surface area contributed by atoms with E-state index >= 15 is 0 Å². The number of amides is 1. The lowest BCUT2D eigenvalue weighted by Gasteiger charge is -2.22. The number of carbonyl (C=O) groups is 1. The van der Waals surface area contributed by atoms with Crippen molar-refractivity contribution in [3.05, 3.63) is 59.1 Å². The van der Waals surface area contributed by atoms with Gasteiger partial charge in [0.2, 0.25) is 5.91 Å². The van der Waals surface area contributed by atoms with Gasteiger partial charge in [0.15, 0.2) is 5.15 Å². The van der Waals surface area contributed by atoms with Crippen LogP contribution in [0.15, 0.2) is 42.6 Å². The van der Waals surface area contributed by atoms with E-state index in [-0.39, 0.29) is 35.4 Å². The molecular weight excluding hydrogens is 317 g/mol. The van der Waals surface area contributed by atoms with Gasteiger partial charge in [-0.25, -0.2) is 9.37 Å². The molecule has 0 aliphatic heterocycles. The molecule has 0 fully saturated rings. The van der Waals surface area contributed by atoms with Gasteiger partial charge >= 0.3 is 0 Å². The van der Waals surface area contributed by atoms with Crippen LogP contribution in [0.2, 0.25) is 5.15 Å². The SMILES string of the molecule is CC(C)[C@@H](NCC(=O)Nc1cccnc1Cl)c1ccc(F)cc1. The molecule has 0 unspecified atom stereocenters. The Kier molecular flexibility index (Phi) is 6.07. The maximum absolute atomic E-state index is 13.0. The van der Waals surface area contributed by atoms with Gasteiger partial charge in [0.25, 0.3) is 0 Å². The molecule has 0 spiro atoms. The van der Waals surface area contributed by atoms with Gasteiger partial charge in [-0.2, -0.15) is 0 Å². The Balaban J connectivity index is 1.97. The smallest absolute Gasteiger partial charge is 0.238 e. The van der Waals surface area contributed by atoms with Crippen LogP contribution in [-0.4, -0.2) is 17.4 Å². The standard InChI is InChI=1S/C17H19ClFN3O/c1-11(2)16(12-5-7-13(19)8-6-12)21-10-15(23)22-14-4-3-9-20-17(14)18/h3-9,11,16,21H,10H2,1-2H3,(H,22,23)/t16-/m1/s1. The molecule has 0 radical (unpaired) electrons. The first kappa shape index (κ1) is 17.4. The number of hydrogen-bond donors (Lipinski definition) is 2. The Morgan fingerprint density at radius 1 is 1.26 bits per heavy atom. The second-order valence-corrected chi connectivity index (χ2v) is 5.90. The fraction of sp³-hybridized carbons (Fsp3) is 0.294. The number of aromatic nitrogens is 1. The molecule has 2 aromatic rings. The topological polar surface area (TPSA) is 54.0 Å². The summed E-state index contributed by atoms with van der Waals surface area (Å²) in [5.74, 6) is -0.247. The normalized spacial score (nSPS) is 12.2. The summed E-state index contributed by atoms with van der Waals surface area (Å²) < 4.78 is 13.0. The third kappa shape index (κ3) is 5.01. The molecule has 0 saturated heterocycles. The number of carbonyl (C=O) groups excluding carboxylic acids is 1. The van der Waals surface area contributed by atoms with Gasteiger partial charge in [-0.1, -0.05) is 37.6 Å². The summed E-state index contributed by atoms with van der Waals surface area (Å²) >= 11 is 5.91. The van der Waals surface area contributed by atoms with E-state index in [1.807, 2.05) is 13.8 Å². The number of rotatable bonds is 6. The van der Waals surface area contributed by atoms with Gasteiger partial charge in [0.05, 0.1) is 12.2 Å². The highest BCUT2D eigenvalue weighted by Crippen LogP contribution is 2.22. The van der Waals surface area contributed by atoms with Gasteiger partial charge in [-0.3, -0.25) is 4.79 Å². The number of pyridine rings is 1. The van der Waals surface area contributed by atoms with E-state index in [4.69, 9.17) is 11.6 Å². The quantitative estimate of drug-likeness (QED) is 0.789. The number of hydrogen-bond acceptors (Lipinski definition) is 3. The van der Waals surface area contributed by atoms with Crippen LogP contribution in [-0.2, 0) is 4.79 Å². The zero-order valence-corrected chi connectivity index (χ0v) is 13.8. The van der Waals surface area contributed by atoms with Crippen molar-refractivity contribution in [2.45, 2.75) is 19.9 Å². The first-order valence-electron chi connectivity index (χ1n) is 7.36. The minimum absolute atomic E-state index is 0.0503. The van der Waals surface area contributed by atoms with Gasteiger partial charge in [-0.15, -0.1) is 0 Å². The van der Waals surface area contributed by atoms with Gasteiger partial charge in [0, 0.05) is 12.2 Å². The lowest BCUT2D eigenvalue weighted by Crippen LogP contribution is -2.33. The second kappa shape index (κ2) is 8.04. The lowest BCUT2D eigenvalue weighted by molar-refractivity contribution is -0.115. The monoisotopic (exact) mass is 335 g/mol. The Labute approximate surface area is 140 Å². The molecule has 0 aliphatic rings. The van der Waals surface area contributed by atoms with Crippen molar-refractivity contribution >= 4 is 23.2 Å². The van der Waals surface area contributed by atoms with Gasteiger partial charge in [-0.05, 0) is 35.7 Å². The Morgan fingerprint density at radius 3 is 2.57 bits per heavy atom. The Hall–Kier alpha value is -1.98. The van der Waals surface area contributed by atoms with Crippen LogP contribution in [0.3, 0.4) is 0 Å². The maximum Gasteiger partial charge on any atom is 0.238 e. The van der Waals surface area contributed by atoms with Crippen LogP contribution < -0.4 is 10.6 Å². The highest BCUT2D eigenvalue weighted by Gasteiger charge is 2.17. The number of nitrogens with one attached hydrogen (secondary N) is 2. The number of anilines is 1. The lowest BCUT2D eigenvalue weighted by atomic mass is 9.96. The summed E-state index contributed by atoms with van der Waals surface area (Å²) in [5, 5.41) is 6.16. The number of benzene rings is 1. The first-order chi connectivity index (χ1) is 11.0. The number of halogens is 2. The summed E-state index contributed by atoms with van der Waals surface area (Å²) in [6.07, 6.45) is 1.56. The van der Waals surface area contributed by atoms with Crippen molar-refractivity contribution < 1.29 is 9.18 Å². The molecule has 122 valence electrons. The molecule has 1 aromatic heterocycles. The molecule has 2 rings (SSSR count). The van der Waals surface area contributed by atoms with E-state index in [1.54, 1.807) is 30.5 Å². The van der Waals surface area contributed by atoms with Crippen LogP contribution in [0.25, 0.3) is 0 Å². The fourth-order valence-corrected chi connectivity index (χ4v) is 2.45. The highest BCUT2D eigenvalue weighted by atomic mass is 35.5. The third-order valence-corrected chi connectivity index (χ3v) is 3.71. The van der Waals surface area contributed by atoms with Crippen molar-refractivity contribution in [3.8, 4) is 0 Å². The third-order valence-electron chi connectivity index (χ3n) is 3.41. The van der Waals surface area contributed by atoms with Gasteiger partial charge < -0.3 is 10.6 Å². The summed E-state index contributed by atoms with van der Waals surface area (Å²) in [7, 11) is 0. The first-order valence-corrected chi connectivity index (χ1v) is 7.74.